The predicted molar refractivity (Wildman–Crippen MR) is 70.6 cm³/mol. The van der Waals surface area contributed by atoms with Gasteiger partial charge in [0.15, 0.2) is 11.5 Å². The summed E-state index contributed by atoms with van der Waals surface area (Å²) >= 11 is 0. The molecule has 0 unspecified atom stereocenters. The molecule has 1 N–H and O–H groups in total. The average molecular weight is 261 g/mol. The summed E-state index contributed by atoms with van der Waals surface area (Å²) in [5, 5.41) is 2.77. The molecule has 0 bridgehead atoms. The zero-order valence-corrected chi connectivity index (χ0v) is 10.8. The third-order valence-electron chi connectivity index (χ3n) is 2.58. The van der Waals surface area contributed by atoms with E-state index in [1.54, 1.807) is 50.8 Å². The van der Waals surface area contributed by atoms with Gasteiger partial charge < -0.3 is 19.2 Å². The van der Waals surface area contributed by atoms with Gasteiger partial charge in [0.05, 0.1) is 26.9 Å². The molecule has 0 aliphatic heterocycles. The number of nitrogens with one attached hydrogen (secondary N) is 1. The molecular formula is C14H15NO4. The van der Waals surface area contributed by atoms with Crippen molar-refractivity contribution in [1.82, 2.24) is 0 Å². The molecule has 100 valence electrons. The van der Waals surface area contributed by atoms with Crippen LogP contribution in [0.3, 0.4) is 0 Å². The quantitative estimate of drug-likeness (QED) is 0.898. The molecule has 2 rings (SSSR count). The Kier molecular flexibility index (Phi) is 4.07. The van der Waals surface area contributed by atoms with E-state index in [0.717, 1.165) is 0 Å². The first-order chi connectivity index (χ1) is 9.22. The van der Waals surface area contributed by atoms with E-state index < -0.39 is 0 Å². The van der Waals surface area contributed by atoms with Gasteiger partial charge in [-0.1, -0.05) is 0 Å². The van der Waals surface area contributed by atoms with Crippen molar-refractivity contribution in [2.45, 2.75) is 6.42 Å². The summed E-state index contributed by atoms with van der Waals surface area (Å²) in [6.07, 6.45) is 1.74. The smallest absolute Gasteiger partial charge is 0.231 e. The summed E-state index contributed by atoms with van der Waals surface area (Å²) in [6.45, 7) is 0. The number of carbonyl (C=O) groups is 1. The van der Waals surface area contributed by atoms with Crippen LogP contribution in [0.25, 0.3) is 0 Å². The van der Waals surface area contributed by atoms with Crippen LogP contribution < -0.4 is 14.8 Å². The van der Waals surface area contributed by atoms with Crippen molar-refractivity contribution in [3.05, 3.63) is 42.4 Å². The van der Waals surface area contributed by atoms with E-state index in [4.69, 9.17) is 13.9 Å². The lowest BCUT2D eigenvalue weighted by molar-refractivity contribution is -0.115. The minimum atomic E-state index is -0.151. The van der Waals surface area contributed by atoms with E-state index in [1.165, 1.54) is 0 Å². The molecule has 0 atom stereocenters. The molecule has 0 fully saturated rings. The van der Waals surface area contributed by atoms with Crippen molar-refractivity contribution in [2.24, 2.45) is 0 Å². The van der Waals surface area contributed by atoms with Crippen LogP contribution in [-0.4, -0.2) is 20.1 Å². The SMILES string of the molecule is COc1ccc(NC(=O)Cc2ccco2)cc1OC. The molecule has 0 aliphatic carbocycles. The Bertz CT molecular complexity index is 549. The first kappa shape index (κ1) is 13.0. The standard InChI is InChI=1S/C14H15NO4/c1-17-12-6-5-10(8-13(12)18-2)15-14(16)9-11-4-3-7-19-11/h3-8H,9H2,1-2H3,(H,15,16). The maximum absolute atomic E-state index is 11.8. The number of anilines is 1. The van der Waals surface area contributed by atoms with Gasteiger partial charge >= 0.3 is 0 Å². The number of benzene rings is 1. The zero-order valence-electron chi connectivity index (χ0n) is 10.8. The van der Waals surface area contributed by atoms with Crippen LogP contribution in [-0.2, 0) is 11.2 Å². The van der Waals surface area contributed by atoms with Gasteiger partial charge in [0.2, 0.25) is 5.91 Å². The maximum atomic E-state index is 11.8. The fraction of sp³-hybridized carbons (Fsp3) is 0.214. The van der Waals surface area contributed by atoms with Crippen molar-refractivity contribution < 1.29 is 18.7 Å². The number of hydrogen-bond donors (Lipinski definition) is 1. The average Bonchev–Trinajstić information content (AvgIpc) is 2.91. The van der Waals surface area contributed by atoms with Crippen molar-refractivity contribution >= 4 is 11.6 Å². The van der Waals surface area contributed by atoms with E-state index >= 15 is 0 Å². The van der Waals surface area contributed by atoms with Gasteiger partial charge in [-0.05, 0) is 24.3 Å². The monoisotopic (exact) mass is 261 g/mol. The summed E-state index contributed by atoms with van der Waals surface area (Å²) in [5.41, 5.74) is 0.647. The molecule has 0 saturated carbocycles. The summed E-state index contributed by atoms with van der Waals surface area (Å²) in [7, 11) is 3.11. The Balaban J connectivity index is 2.04. The zero-order chi connectivity index (χ0) is 13.7. The van der Waals surface area contributed by atoms with Crippen molar-refractivity contribution in [3.63, 3.8) is 0 Å². The molecule has 1 heterocycles. The van der Waals surface area contributed by atoms with Gasteiger partial charge in [-0.2, -0.15) is 0 Å². The van der Waals surface area contributed by atoms with Crippen molar-refractivity contribution in [3.8, 4) is 11.5 Å². The lowest BCUT2D eigenvalue weighted by Crippen LogP contribution is -2.14. The normalized spacial score (nSPS) is 10.0. The lowest BCUT2D eigenvalue weighted by Gasteiger charge is -2.10. The minimum Gasteiger partial charge on any atom is -0.493 e. The van der Waals surface area contributed by atoms with E-state index in [2.05, 4.69) is 5.32 Å². The highest BCUT2D eigenvalue weighted by Crippen LogP contribution is 2.29. The molecule has 1 aromatic carbocycles. The van der Waals surface area contributed by atoms with Crippen molar-refractivity contribution in [1.29, 1.82) is 0 Å². The molecule has 5 nitrogen and oxygen atoms in total. The van der Waals surface area contributed by atoms with Crippen LogP contribution in [0, 0.1) is 0 Å². The van der Waals surface area contributed by atoms with Crippen LogP contribution >= 0.6 is 0 Å². The number of ether oxygens (including phenoxy) is 2. The minimum absolute atomic E-state index is 0.151. The van der Waals surface area contributed by atoms with E-state index in [-0.39, 0.29) is 12.3 Å². The fourth-order valence-electron chi connectivity index (χ4n) is 1.69. The molecule has 0 spiro atoms. The molecular weight excluding hydrogens is 246 g/mol. The van der Waals surface area contributed by atoms with Crippen LogP contribution in [0.15, 0.2) is 41.0 Å². The largest absolute Gasteiger partial charge is 0.493 e. The van der Waals surface area contributed by atoms with Crippen LogP contribution in [0.1, 0.15) is 5.76 Å². The molecule has 0 aliphatic rings. The molecule has 19 heavy (non-hydrogen) atoms. The summed E-state index contributed by atoms with van der Waals surface area (Å²) in [5.74, 6) is 1.66. The number of rotatable bonds is 5. The second-order valence-corrected chi connectivity index (χ2v) is 3.87. The highest BCUT2D eigenvalue weighted by molar-refractivity contribution is 5.92. The fourth-order valence-corrected chi connectivity index (χ4v) is 1.69. The molecule has 2 aromatic rings. The summed E-state index contributed by atoms with van der Waals surface area (Å²) in [6, 6.07) is 8.70. The van der Waals surface area contributed by atoms with Gasteiger partial charge in [0.25, 0.3) is 0 Å². The van der Waals surface area contributed by atoms with Crippen LogP contribution in [0.5, 0.6) is 11.5 Å². The van der Waals surface area contributed by atoms with Crippen LogP contribution in [0.2, 0.25) is 0 Å². The first-order valence-corrected chi connectivity index (χ1v) is 5.77. The van der Waals surface area contributed by atoms with E-state index in [1.807, 2.05) is 0 Å². The lowest BCUT2D eigenvalue weighted by atomic mass is 10.2. The van der Waals surface area contributed by atoms with E-state index in [0.29, 0.717) is 22.9 Å². The van der Waals surface area contributed by atoms with Gasteiger partial charge in [-0.3, -0.25) is 4.79 Å². The van der Waals surface area contributed by atoms with Gasteiger partial charge in [-0.25, -0.2) is 0 Å². The Hall–Kier alpha value is -2.43. The number of carbonyl (C=O) groups excluding carboxylic acids is 1. The number of hydrogen-bond acceptors (Lipinski definition) is 4. The molecule has 5 heteroatoms. The highest BCUT2D eigenvalue weighted by Gasteiger charge is 2.09. The third-order valence-corrected chi connectivity index (χ3v) is 2.58. The molecule has 1 aromatic heterocycles. The van der Waals surface area contributed by atoms with Gasteiger partial charge in [0.1, 0.15) is 5.76 Å². The number of amides is 1. The molecule has 1 amide bonds. The number of furan rings is 1. The summed E-state index contributed by atoms with van der Waals surface area (Å²) < 4.78 is 15.4. The highest BCUT2D eigenvalue weighted by atomic mass is 16.5. The molecule has 0 radical (unpaired) electrons. The Morgan fingerprint density at radius 3 is 2.63 bits per heavy atom. The van der Waals surface area contributed by atoms with E-state index in [9.17, 15) is 4.79 Å². The second kappa shape index (κ2) is 5.95. The topological polar surface area (TPSA) is 60.7 Å². The first-order valence-electron chi connectivity index (χ1n) is 5.77. The van der Waals surface area contributed by atoms with Gasteiger partial charge in [-0.15, -0.1) is 0 Å². The van der Waals surface area contributed by atoms with Gasteiger partial charge in [0, 0.05) is 11.8 Å². The van der Waals surface area contributed by atoms with Crippen LogP contribution in [0.4, 0.5) is 5.69 Å². The third kappa shape index (κ3) is 3.28. The maximum Gasteiger partial charge on any atom is 0.231 e. The Labute approximate surface area is 111 Å². The summed E-state index contributed by atoms with van der Waals surface area (Å²) in [4.78, 5) is 11.8. The van der Waals surface area contributed by atoms with Crippen molar-refractivity contribution in [2.75, 3.05) is 19.5 Å². The number of methoxy groups -OCH3 is 2. The Morgan fingerprint density at radius 1 is 1.21 bits per heavy atom. The molecule has 0 saturated heterocycles. The Morgan fingerprint density at radius 2 is 2.00 bits per heavy atom. The predicted octanol–water partition coefficient (Wildman–Crippen LogP) is 2.48. The second-order valence-electron chi connectivity index (χ2n) is 3.87.